The highest BCUT2D eigenvalue weighted by atomic mass is 35.5. The van der Waals surface area contributed by atoms with Gasteiger partial charge >= 0.3 is 0 Å². The Morgan fingerprint density at radius 1 is 1.57 bits per heavy atom. The molecular weight excluding hydrogens is 200 g/mol. The summed E-state index contributed by atoms with van der Waals surface area (Å²) in [4.78, 5) is 0. The average molecular weight is 213 g/mol. The zero-order valence-electron chi connectivity index (χ0n) is 8.23. The van der Waals surface area contributed by atoms with Crippen molar-refractivity contribution in [1.29, 1.82) is 0 Å². The van der Waals surface area contributed by atoms with Gasteiger partial charge in [-0.25, -0.2) is 0 Å². The van der Waals surface area contributed by atoms with Gasteiger partial charge in [-0.3, -0.25) is 0 Å². The van der Waals surface area contributed by atoms with E-state index < -0.39 is 0 Å². The maximum Gasteiger partial charge on any atom is 0.142 e. The second-order valence-electron chi connectivity index (χ2n) is 3.26. The molecule has 0 amide bonds. The van der Waals surface area contributed by atoms with Crippen LogP contribution in [0.3, 0.4) is 0 Å². The number of hydrogen-bond donors (Lipinski definition) is 2. The number of halogens is 1. The van der Waals surface area contributed by atoms with Crippen LogP contribution in [0.25, 0.3) is 0 Å². The van der Waals surface area contributed by atoms with Crippen LogP contribution in [0.4, 0.5) is 5.69 Å². The predicted octanol–water partition coefficient (Wildman–Crippen LogP) is 2.03. The van der Waals surface area contributed by atoms with E-state index in [4.69, 9.17) is 16.3 Å². The lowest BCUT2D eigenvalue weighted by Gasteiger charge is -2.11. The van der Waals surface area contributed by atoms with Crippen LogP contribution in [0.2, 0.25) is 5.02 Å². The summed E-state index contributed by atoms with van der Waals surface area (Å²) in [6.45, 7) is 0.853. The number of rotatable bonds is 2. The van der Waals surface area contributed by atoms with Crippen LogP contribution >= 0.6 is 11.6 Å². The molecule has 4 heteroatoms. The van der Waals surface area contributed by atoms with Crippen LogP contribution in [0, 0.1) is 0 Å². The quantitative estimate of drug-likeness (QED) is 0.787. The molecule has 0 fully saturated rings. The van der Waals surface area contributed by atoms with Gasteiger partial charge in [0.15, 0.2) is 0 Å². The molecule has 1 aromatic carbocycles. The van der Waals surface area contributed by atoms with Gasteiger partial charge in [-0.05, 0) is 19.2 Å². The van der Waals surface area contributed by atoms with Crippen molar-refractivity contribution in [2.45, 2.75) is 6.04 Å². The first-order valence-corrected chi connectivity index (χ1v) is 4.93. The van der Waals surface area contributed by atoms with Crippen LogP contribution in [0.1, 0.15) is 11.6 Å². The number of nitrogens with one attached hydrogen (secondary N) is 2. The summed E-state index contributed by atoms with van der Waals surface area (Å²) in [6.07, 6.45) is 0. The largest absolute Gasteiger partial charge is 0.495 e. The van der Waals surface area contributed by atoms with Crippen molar-refractivity contribution >= 4 is 17.3 Å². The van der Waals surface area contributed by atoms with Crippen molar-refractivity contribution in [3.63, 3.8) is 0 Å². The Kier molecular flexibility index (Phi) is 2.52. The monoisotopic (exact) mass is 212 g/mol. The van der Waals surface area contributed by atoms with Crippen molar-refractivity contribution in [2.24, 2.45) is 0 Å². The average Bonchev–Trinajstić information content (AvgIpc) is 2.63. The Bertz CT molecular complexity index is 354. The summed E-state index contributed by atoms with van der Waals surface area (Å²) in [5, 5.41) is 7.28. The molecule has 0 bridgehead atoms. The molecule has 0 aromatic heterocycles. The fourth-order valence-corrected chi connectivity index (χ4v) is 2.11. The Labute approximate surface area is 88.4 Å². The third-order valence-corrected chi connectivity index (χ3v) is 2.88. The molecule has 3 nitrogen and oxygen atoms in total. The van der Waals surface area contributed by atoms with Crippen LogP contribution in [-0.2, 0) is 0 Å². The van der Waals surface area contributed by atoms with Crippen molar-refractivity contribution in [2.75, 3.05) is 26.0 Å². The number of anilines is 1. The van der Waals surface area contributed by atoms with Gasteiger partial charge in [0.1, 0.15) is 5.75 Å². The number of fused-ring (bicyclic) bond motifs is 1. The third-order valence-electron chi connectivity index (χ3n) is 2.55. The Balaban J connectivity index is 2.52. The fourth-order valence-electron chi connectivity index (χ4n) is 1.82. The van der Waals surface area contributed by atoms with Gasteiger partial charge in [0.25, 0.3) is 0 Å². The minimum absolute atomic E-state index is 0.271. The summed E-state index contributed by atoms with van der Waals surface area (Å²) >= 11 is 6.14. The highest BCUT2D eigenvalue weighted by molar-refractivity contribution is 6.32. The second kappa shape index (κ2) is 3.67. The van der Waals surface area contributed by atoms with E-state index in [1.807, 2.05) is 19.2 Å². The number of hydrogen-bond acceptors (Lipinski definition) is 3. The van der Waals surface area contributed by atoms with Crippen molar-refractivity contribution < 1.29 is 4.74 Å². The molecule has 0 radical (unpaired) electrons. The third kappa shape index (κ3) is 1.33. The summed E-state index contributed by atoms with van der Waals surface area (Å²) < 4.78 is 5.26. The van der Waals surface area contributed by atoms with E-state index in [9.17, 15) is 0 Å². The van der Waals surface area contributed by atoms with Crippen molar-refractivity contribution in [3.8, 4) is 5.75 Å². The lowest BCUT2D eigenvalue weighted by Crippen LogP contribution is -2.17. The van der Waals surface area contributed by atoms with E-state index in [1.165, 1.54) is 0 Å². The van der Waals surface area contributed by atoms with Crippen molar-refractivity contribution in [1.82, 2.24) is 5.32 Å². The minimum atomic E-state index is 0.271. The molecule has 0 saturated carbocycles. The van der Waals surface area contributed by atoms with E-state index in [-0.39, 0.29) is 6.04 Å². The van der Waals surface area contributed by atoms with Gasteiger partial charge in [-0.15, -0.1) is 0 Å². The minimum Gasteiger partial charge on any atom is -0.495 e. The van der Waals surface area contributed by atoms with Gasteiger partial charge in [0.2, 0.25) is 0 Å². The maximum atomic E-state index is 6.14. The summed E-state index contributed by atoms with van der Waals surface area (Å²) in [5.41, 5.74) is 2.12. The highest BCUT2D eigenvalue weighted by Crippen LogP contribution is 2.41. The van der Waals surface area contributed by atoms with E-state index >= 15 is 0 Å². The standard InChI is InChI=1S/C10H13ClN2O/c1-12-7-5-13-10-8(14-2)4-3-6(11)9(7)10/h3-4,7,12-13H,5H2,1-2H3. The van der Waals surface area contributed by atoms with Gasteiger partial charge in [-0.2, -0.15) is 0 Å². The fraction of sp³-hybridized carbons (Fsp3) is 0.400. The first-order valence-electron chi connectivity index (χ1n) is 4.55. The predicted molar refractivity (Wildman–Crippen MR) is 58.3 cm³/mol. The van der Waals surface area contributed by atoms with Crippen LogP contribution in [0.5, 0.6) is 5.75 Å². The smallest absolute Gasteiger partial charge is 0.142 e. The number of ether oxygens (including phenoxy) is 1. The first-order chi connectivity index (χ1) is 6.77. The van der Waals surface area contributed by atoms with Crippen LogP contribution in [0.15, 0.2) is 12.1 Å². The van der Waals surface area contributed by atoms with Gasteiger partial charge in [-0.1, -0.05) is 11.6 Å². The van der Waals surface area contributed by atoms with Gasteiger partial charge in [0, 0.05) is 17.1 Å². The van der Waals surface area contributed by atoms with Gasteiger partial charge < -0.3 is 15.4 Å². The number of methoxy groups -OCH3 is 1. The summed E-state index contributed by atoms with van der Waals surface area (Å²) in [6, 6.07) is 4.02. The first kappa shape index (κ1) is 9.62. The SMILES string of the molecule is CNC1CNc2c(OC)ccc(Cl)c21. The van der Waals surface area contributed by atoms with Crippen molar-refractivity contribution in [3.05, 3.63) is 22.7 Å². The zero-order valence-corrected chi connectivity index (χ0v) is 8.98. The molecule has 76 valence electrons. The lowest BCUT2D eigenvalue weighted by atomic mass is 10.1. The molecule has 1 aliphatic rings. The molecule has 2 rings (SSSR count). The molecular formula is C10H13ClN2O. The molecule has 1 aliphatic heterocycles. The van der Waals surface area contributed by atoms with E-state index in [1.54, 1.807) is 7.11 Å². The molecule has 1 heterocycles. The topological polar surface area (TPSA) is 33.3 Å². The lowest BCUT2D eigenvalue weighted by molar-refractivity contribution is 0.416. The second-order valence-corrected chi connectivity index (χ2v) is 3.67. The normalized spacial score (nSPS) is 18.9. The van der Waals surface area contributed by atoms with Gasteiger partial charge in [0.05, 0.1) is 18.8 Å². The molecule has 0 aliphatic carbocycles. The molecule has 0 spiro atoms. The number of benzene rings is 1. The maximum absolute atomic E-state index is 6.14. The van der Waals surface area contributed by atoms with E-state index in [2.05, 4.69) is 10.6 Å². The molecule has 1 aromatic rings. The molecule has 2 N–H and O–H groups in total. The molecule has 1 unspecified atom stereocenters. The summed E-state index contributed by atoms with van der Waals surface area (Å²) in [7, 11) is 3.59. The Hall–Kier alpha value is -0.930. The van der Waals surface area contributed by atoms with Crippen LogP contribution in [-0.4, -0.2) is 20.7 Å². The Morgan fingerprint density at radius 3 is 3.00 bits per heavy atom. The summed E-state index contributed by atoms with van der Waals surface area (Å²) in [5.74, 6) is 0.849. The number of likely N-dealkylation sites (N-methyl/N-ethyl adjacent to an activating group) is 1. The highest BCUT2D eigenvalue weighted by Gasteiger charge is 2.26. The van der Waals surface area contributed by atoms with Crippen LogP contribution < -0.4 is 15.4 Å². The zero-order chi connectivity index (χ0) is 10.1. The Morgan fingerprint density at radius 2 is 2.36 bits per heavy atom. The van der Waals surface area contributed by atoms with E-state index in [0.29, 0.717) is 0 Å². The van der Waals surface area contributed by atoms with E-state index in [0.717, 1.165) is 28.6 Å². The molecule has 0 saturated heterocycles. The molecule has 1 atom stereocenters. The molecule has 14 heavy (non-hydrogen) atoms.